The average molecular weight is 308 g/mol. The summed E-state index contributed by atoms with van der Waals surface area (Å²) in [6.07, 6.45) is 0.773. The molecule has 0 spiro atoms. The van der Waals surface area contributed by atoms with Gasteiger partial charge in [0.25, 0.3) is 0 Å². The third kappa shape index (κ3) is 5.33. The van der Waals surface area contributed by atoms with E-state index in [-0.39, 0.29) is 11.2 Å². The number of hydrogen-bond donors (Lipinski definition) is 1. The molecule has 114 valence electrons. The van der Waals surface area contributed by atoms with Gasteiger partial charge >= 0.3 is 0 Å². The number of carbonyl (C=O) groups excluding carboxylic acids is 1. The van der Waals surface area contributed by atoms with Crippen LogP contribution in [0.25, 0.3) is 0 Å². The third-order valence-corrected chi connectivity index (χ3v) is 3.85. The number of nitrogens with zero attached hydrogens (tertiary/aromatic N) is 3. The maximum Gasteiger partial charge on any atom is 0.233 e. The number of aromatic nitrogens is 2. The van der Waals surface area contributed by atoms with Crippen molar-refractivity contribution >= 4 is 17.7 Å². The van der Waals surface area contributed by atoms with Gasteiger partial charge in [-0.3, -0.25) is 4.79 Å². The number of methoxy groups -OCH3 is 1. The second-order valence-corrected chi connectivity index (χ2v) is 5.88. The van der Waals surface area contributed by atoms with Crippen molar-refractivity contribution in [3.05, 3.63) is 17.1 Å². The lowest BCUT2D eigenvalue weighted by atomic mass is 10.3. The zero-order valence-electron chi connectivity index (χ0n) is 12.8. The minimum absolute atomic E-state index is 0.0751. The Morgan fingerprint density at radius 2 is 2.19 bits per heavy atom. The van der Waals surface area contributed by atoms with E-state index in [2.05, 4.69) is 21.4 Å². The van der Waals surface area contributed by atoms with Crippen LogP contribution in [-0.2, 0) is 9.53 Å². The molecule has 1 unspecified atom stereocenters. The van der Waals surface area contributed by atoms with Gasteiger partial charge in [0.2, 0.25) is 5.91 Å². The summed E-state index contributed by atoms with van der Waals surface area (Å²) >= 11 is 1.28. The molecule has 0 radical (unpaired) electrons. The van der Waals surface area contributed by atoms with E-state index in [0.717, 1.165) is 6.42 Å². The molecule has 0 aliphatic carbocycles. The van der Waals surface area contributed by atoms with E-state index in [1.165, 1.54) is 11.8 Å². The number of rotatable bonds is 7. The fraction of sp³-hybridized carbons (Fsp3) is 0.571. The van der Waals surface area contributed by atoms with Crippen LogP contribution in [-0.4, -0.2) is 41.4 Å². The molecule has 0 fully saturated rings. The molecule has 0 aliphatic rings. The Balaban J connectivity index is 2.68. The molecular formula is C14H20N4O2S. The molecular weight excluding hydrogens is 288 g/mol. The van der Waals surface area contributed by atoms with Crippen molar-refractivity contribution in [2.24, 2.45) is 0 Å². The van der Waals surface area contributed by atoms with Gasteiger partial charge in [-0.15, -0.1) is 0 Å². The maximum absolute atomic E-state index is 12.0. The molecule has 0 aliphatic heterocycles. The van der Waals surface area contributed by atoms with Crippen molar-refractivity contribution in [3.63, 3.8) is 0 Å². The molecule has 1 atom stereocenters. The summed E-state index contributed by atoms with van der Waals surface area (Å²) < 4.78 is 4.93. The molecule has 21 heavy (non-hydrogen) atoms. The molecule has 6 nitrogen and oxygen atoms in total. The molecule has 0 saturated heterocycles. The smallest absolute Gasteiger partial charge is 0.233 e. The highest BCUT2D eigenvalue weighted by Gasteiger charge is 2.18. The van der Waals surface area contributed by atoms with Crippen molar-refractivity contribution in [3.8, 4) is 6.07 Å². The van der Waals surface area contributed by atoms with Gasteiger partial charge in [-0.25, -0.2) is 9.97 Å². The first-order chi connectivity index (χ1) is 9.99. The predicted octanol–water partition coefficient (Wildman–Crippen LogP) is 1.60. The molecule has 1 aromatic rings. The Morgan fingerprint density at radius 1 is 1.48 bits per heavy atom. The van der Waals surface area contributed by atoms with Crippen LogP contribution in [0.15, 0.2) is 5.03 Å². The number of aryl methyl sites for hydroxylation is 2. The largest absolute Gasteiger partial charge is 0.385 e. The average Bonchev–Trinajstić information content (AvgIpc) is 2.43. The zero-order valence-corrected chi connectivity index (χ0v) is 13.6. The minimum Gasteiger partial charge on any atom is -0.385 e. The van der Waals surface area contributed by atoms with E-state index >= 15 is 0 Å². The molecule has 7 heteroatoms. The number of nitrogens with one attached hydrogen (secondary N) is 1. The van der Waals surface area contributed by atoms with Crippen molar-refractivity contribution in [1.82, 2.24) is 15.3 Å². The molecule has 1 N–H and O–H groups in total. The minimum atomic E-state index is -0.326. The van der Waals surface area contributed by atoms with Crippen LogP contribution in [0.1, 0.15) is 30.4 Å². The third-order valence-electron chi connectivity index (χ3n) is 2.76. The van der Waals surface area contributed by atoms with Crippen LogP contribution in [0.2, 0.25) is 0 Å². The fourth-order valence-electron chi connectivity index (χ4n) is 1.69. The highest BCUT2D eigenvalue weighted by Crippen LogP contribution is 2.26. The lowest BCUT2D eigenvalue weighted by molar-refractivity contribution is -0.120. The number of amides is 1. The Kier molecular flexibility index (Phi) is 7.12. The van der Waals surface area contributed by atoms with E-state index in [0.29, 0.717) is 35.3 Å². The Morgan fingerprint density at radius 3 is 2.81 bits per heavy atom. The summed E-state index contributed by atoms with van der Waals surface area (Å²) in [5, 5.41) is 12.3. The normalized spacial score (nSPS) is 11.8. The van der Waals surface area contributed by atoms with Crippen LogP contribution in [0.4, 0.5) is 0 Å². The summed E-state index contributed by atoms with van der Waals surface area (Å²) in [5.74, 6) is 0.524. The SMILES string of the molecule is COCCCNC(=O)C(C)Sc1nc(C)nc(C)c1C#N. The Bertz CT molecular complexity index is 543. The van der Waals surface area contributed by atoms with E-state index < -0.39 is 0 Å². The van der Waals surface area contributed by atoms with Crippen LogP contribution in [0.5, 0.6) is 0 Å². The summed E-state index contributed by atoms with van der Waals surface area (Å²) in [7, 11) is 1.63. The van der Waals surface area contributed by atoms with Crippen LogP contribution < -0.4 is 5.32 Å². The highest BCUT2D eigenvalue weighted by atomic mass is 32.2. The molecule has 1 rings (SSSR count). The standard InChI is InChI=1S/C14H20N4O2S/c1-9-12(8-15)14(18-11(3)17-9)21-10(2)13(19)16-6-5-7-20-4/h10H,5-7H2,1-4H3,(H,16,19). The summed E-state index contributed by atoms with van der Waals surface area (Å²) in [4.78, 5) is 20.4. The van der Waals surface area contributed by atoms with E-state index in [1.54, 1.807) is 27.9 Å². The molecule has 0 aromatic carbocycles. The van der Waals surface area contributed by atoms with Gasteiger partial charge in [0.05, 0.1) is 10.9 Å². The first-order valence-corrected chi connectivity index (χ1v) is 7.56. The predicted molar refractivity (Wildman–Crippen MR) is 81.0 cm³/mol. The topological polar surface area (TPSA) is 87.9 Å². The maximum atomic E-state index is 12.0. The number of carbonyl (C=O) groups is 1. The van der Waals surface area contributed by atoms with Gasteiger partial charge in [-0.05, 0) is 27.2 Å². The van der Waals surface area contributed by atoms with Crippen molar-refractivity contribution < 1.29 is 9.53 Å². The van der Waals surface area contributed by atoms with Gasteiger partial charge in [0, 0.05) is 20.3 Å². The lowest BCUT2D eigenvalue weighted by Crippen LogP contribution is -2.32. The molecule has 0 saturated carbocycles. The van der Waals surface area contributed by atoms with E-state index in [4.69, 9.17) is 4.74 Å². The van der Waals surface area contributed by atoms with Crippen molar-refractivity contribution in [2.45, 2.75) is 37.5 Å². The van der Waals surface area contributed by atoms with Gasteiger partial charge in [-0.2, -0.15) is 5.26 Å². The quantitative estimate of drug-likeness (QED) is 0.467. The Labute approximate surface area is 129 Å². The number of nitriles is 1. The number of thioether (sulfide) groups is 1. The Hall–Kier alpha value is -1.65. The van der Waals surface area contributed by atoms with Gasteiger partial charge in [0.1, 0.15) is 22.5 Å². The first kappa shape index (κ1) is 17.4. The summed E-state index contributed by atoms with van der Waals surface area (Å²) in [6, 6.07) is 2.10. The van der Waals surface area contributed by atoms with Crippen molar-refractivity contribution in [2.75, 3.05) is 20.3 Å². The zero-order chi connectivity index (χ0) is 15.8. The number of ether oxygens (including phenoxy) is 1. The van der Waals surface area contributed by atoms with Crippen molar-refractivity contribution in [1.29, 1.82) is 5.26 Å². The second-order valence-electron chi connectivity index (χ2n) is 4.55. The number of hydrogen-bond acceptors (Lipinski definition) is 6. The van der Waals surface area contributed by atoms with E-state index in [9.17, 15) is 10.1 Å². The summed E-state index contributed by atoms with van der Waals surface area (Å²) in [5.41, 5.74) is 1.07. The molecule has 1 amide bonds. The van der Waals surface area contributed by atoms with Gasteiger partial charge in [0.15, 0.2) is 0 Å². The van der Waals surface area contributed by atoms with Gasteiger partial charge < -0.3 is 10.1 Å². The fourth-order valence-corrected chi connectivity index (χ4v) is 2.71. The molecule has 1 aromatic heterocycles. The summed E-state index contributed by atoms with van der Waals surface area (Å²) in [6.45, 7) is 6.53. The van der Waals surface area contributed by atoms with Gasteiger partial charge in [-0.1, -0.05) is 11.8 Å². The first-order valence-electron chi connectivity index (χ1n) is 6.68. The second kappa shape index (κ2) is 8.60. The lowest BCUT2D eigenvalue weighted by Gasteiger charge is -2.13. The monoisotopic (exact) mass is 308 g/mol. The van der Waals surface area contributed by atoms with Crippen LogP contribution >= 0.6 is 11.8 Å². The molecule has 1 heterocycles. The highest BCUT2D eigenvalue weighted by molar-refractivity contribution is 8.00. The van der Waals surface area contributed by atoms with E-state index in [1.807, 2.05) is 0 Å². The van der Waals surface area contributed by atoms with Crippen LogP contribution in [0.3, 0.4) is 0 Å². The molecule has 0 bridgehead atoms. The van der Waals surface area contributed by atoms with Crippen LogP contribution in [0, 0.1) is 25.2 Å².